The van der Waals surface area contributed by atoms with Crippen LogP contribution in [0.4, 0.5) is 10.1 Å². The number of nitrogens with one attached hydrogen (secondary N) is 1. The van der Waals surface area contributed by atoms with Gasteiger partial charge in [-0.05, 0) is 40.5 Å². The molecule has 0 unspecified atom stereocenters. The number of ether oxygens (including phenoxy) is 2. The standard InChI is InChI=1S/C14H15BrFN3O2/c1-8-4-11(16)10(15)5-12(8)17-6-9-13(20-2)18-7-19-14(9)21-3/h4-5,7,17H,6H2,1-3H3. The first-order valence-electron chi connectivity index (χ1n) is 6.18. The van der Waals surface area contributed by atoms with Gasteiger partial charge < -0.3 is 14.8 Å². The van der Waals surface area contributed by atoms with E-state index in [1.54, 1.807) is 6.07 Å². The summed E-state index contributed by atoms with van der Waals surface area (Å²) in [5.74, 6) is 0.581. The van der Waals surface area contributed by atoms with Gasteiger partial charge in [0.1, 0.15) is 12.1 Å². The average Bonchev–Trinajstić information content (AvgIpc) is 2.49. The summed E-state index contributed by atoms with van der Waals surface area (Å²) in [5, 5.41) is 3.21. The van der Waals surface area contributed by atoms with Gasteiger partial charge in [-0.25, -0.2) is 14.4 Å². The van der Waals surface area contributed by atoms with E-state index in [4.69, 9.17) is 9.47 Å². The molecule has 0 atom stereocenters. The molecule has 1 aromatic carbocycles. The van der Waals surface area contributed by atoms with Crippen molar-refractivity contribution in [2.75, 3.05) is 19.5 Å². The van der Waals surface area contributed by atoms with Gasteiger partial charge in [0, 0.05) is 5.69 Å². The molecule has 5 nitrogen and oxygen atoms in total. The Kier molecular flexibility index (Phi) is 4.95. The maximum Gasteiger partial charge on any atom is 0.225 e. The van der Waals surface area contributed by atoms with Crippen molar-refractivity contribution in [2.24, 2.45) is 0 Å². The van der Waals surface area contributed by atoms with Crippen molar-refractivity contribution in [3.63, 3.8) is 0 Å². The van der Waals surface area contributed by atoms with E-state index in [9.17, 15) is 4.39 Å². The molecule has 0 aliphatic rings. The van der Waals surface area contributed by atoms with Gasteiger partial charge in [0.25, 0.3) is 0 Å². The van der Waals surface area contributed by atoms with Crippen LogP contribution >= 0.6 is 15.9 Å². The first-order chi connectivity index (χ1) is 10.1. The normalized spacial score (nSPS) is 10.3. The Labute approximate surface area is 130 Å². The third-order valence-electron chi connectivity index (χ3n) is 2.98. The molecule has 0 fully saturated rings. The Bertz CT molecular complexity index is 630. The van der Waals surface area contributed by atoms with E-state index >= 15 is 0 Å². The first kappa shape index (κ1) is 15.5. The topological polar surface area (TPSA) is 56.3 Å². The number of methoxy groups -OCH3 is 2. The van der Waals surface area contributed by atoms with Crippen molar-refractivity contribution >= 4 is 21.6 Å². The highest BCUT2D eigenvalue weighted by Gasteiger charge is 2.13. The molecule has 1 aromatic heterocycles. The number of rotatable bonds is 5. The monoisotopic (exact) mass is 355 g/mol. The first-order valence-corrected chi connectivity index (χ1v) is 6.97. The quantitative estimate of drug-likeness (QED) is 0.891. The molecule has 0 aliphatic heterocycles. The van der Waals surface area contributed by atoms with Gasteiger partial charge in [0.2, 0.25) is 11.8 Å². The summed E-state index contributed by atoms with van der Waals surface area (Å²) in [6, 6.07) is 3.15. The highest BCUT2D eigenvalue weighted by Crippen LogP contribution is 2.28. The highest BCUT2D eigenvalue weighted by molar-refractivity contribution is 9.10. The van der Waals surface area contributed by atoms with E-state index in [0.717, 1.165) is 11.3 Å². The second-order valence-electron chi connectivity index (χ2n) is 4.31. The predicted octanol–water partition coefficient (Wildman–Crippen LogP) is 3.32. The molecule has 2 aromatic rings. The number of aryl methyl sites for hydroxylation is 1. The lowest BCUT2D eigenvalue weighted by molar-refractivity contribution is 0.363. The average molecular weight is 356 g/mol. The number of benzene rings is 1. The minimum Gasteiger partial charge on any atom is -0.481 e. The molecule has 21 heavy (non-hydrogen) atoms. The minimum atomic E-state index is -0.295. The van der Waals surface area contributed by atoms with Gasteiger partial charge in [-0.3, -0.25) is 0 Å². The van der Waals surface area contributed by atoms with Crippen molar-refractivity contribution < 1.29 is 13.9 Å². The lowest BCUT2D eigenvalue weighted by Crippen LogP contribution is -2.07. The predicted molar refractivity (Wildman–Crippen MR) is 81.3 cm³/mol. The Hall–Kier alpha value is -1.89. The van der Waals surface area contributed by atoms with Crippen LogP contribution < -0.4 is 14.8 Å². The summed E-state index contributed by atoms with van der Waals surface area (Å²) in [4.78, 5) is 8.10. The van der Waals surface area contributed by atoms with Gasteiger partial charge in [-0.15, -0.1) is 0 Å². The van der Waals surface area contributed by atoms with Crippen LogP contribution in [0.5, 0.6) is 11.8 Å². The largest absolute Gasteiger partial charge is 0.481 e. The van der Waals surface area contributed by atoms with Crippen molar-refractivity contribution in [3.8, 4) is 11.8 Å². The Morgan fingerprint density at radius 3 is 2.38 bits per heavy atom. The van der Waals surface area contributed by atoms with Crippen LogP contribution in [0.3, 0.4) is 0 Å². The molecular weight excluding hydrogens is 341 g/mol. The molecule has 0 bridgehead atoms. The van der Waals surface area contributed by atoms with Crippen LogP contribution in [-0.4, -0.2) is 24.2 Å². The highest BCUT2D eigenvalue weighted by atomic mass is 79.9. The molecule has 7 heteroatoms. The van der Waals surface area contributed by atoms with Crippen LogP contribution in [0.25, 0.3) is 0 Å². The SMILES string of the molecule is COc1ncnc(OC)c1CNc1cc(Br)c(F)cc1C. The van der Waals surface area contributed by atoms with E-state index in [-0.39, 0.29) is 5.82 Å². The molecular formula is C14H15BrFN3O2. The molecule has 1 heterocycles. The third-order valence-corrected chi connectivity index (χ3v) is 3.58. The molecule has 112 valence electrons. The zero-order valence-electron chi connectivity index (χ0n) is 11.9. The fourth-order valence-corrected chi connectivity index (χ4v) is 2.25. The summed E-state index contributed by atoms with van der Waals surface area (Å²) in [7, 11) is 3.07. The van der Waals surface area contributed by atoms with E-state index in [1.807, 2.05) is 6.92 Å². The van der Waals surface area contributed by atoms with Crippen molar-refractivity contribution in [1.29, 1.82) is 0 Å². The van der Waals surface area contributed by atoms with Gasteiger partial charge in [0.15, 0.2) is 0 Å². The Morgan fingerprint density at radius 2 is 1.81 bits per heavy atom. The number of nitrogens with zero attached hydrogens (tertiary/aromatic N) is 2. The molecule has 0 amide bonds. The lowest BCUT2D eigenvalue weighted by Gasteiger charge is -2.14. The number of anilines is 1. The zero-order valence-corrected chi connectivity index (χ0v) is 13.5. The molecule has 0 aliphatic carbocycles. The number of aromatic nitrogens is 2. The number of hydrogen-bond acceptors (Lipinski definition) is 5. The summed E-state index contributed by atoms with van der Waals surface area (Å²) in [5.41, 5.74) is 2.30. The lowest BCUT2D eigenvalue weighted by atomic mass is 10.2. The molecule has 0 spiro atoms. The number of halogens is 2. The van der Waals surface area contributed by atoms with Crippen molar-refractivity contribution in [1.82, 2.24) is 9.97 Å². The second kappa shape index (κ2) is 6.71. The Balaban J connectivity index is 2.26. The third kappa shape index (κ3) is 3.41. The van der Waals surface area contributed by atoms with Crippen molar-refractivity contribution in [2.45, 2.75) is 13.5 Å². The van der Waals surface area contributed by atoms with Gasteiger partial charge >= 0.3 is 0 Å². The summed E-state index contributed by atoms with van der Waals surface area (Å²) in [6.07, 6.45) is 1.38. The zero-order chi connectivity index (χ0) is 15.4. The van der Waals surface area contributed by atoms with E-state index in [0.29, 0.717) is 28.3 Å². The Morgan fingerprint density at radius 1 is 1.19 bits per heavy atom. The summed E-state index contributed by atoms with van der Waals surface area (Å²) in [6.45, 7) is 2.22. The smallest absolute Gasteiger partial charge is 0.225 e. The van der Waals surface area contributed by atoms with Gasteiger partial charge in [0.05, 0.1) is 30.8 Å². The molecule has 2 rings (SSSR count). The van der Waals surface area contributed by atoms with Crippen LogP contribution in [0.15, 0.2) is 22.9 Å². The van der Waals surface area contributed by atoms with E-state index < -0.39 is 0 Å². The fourth-order valence-electron chi connectivity index (χ4n) is 1.90. The number of hydrogen-bond donors (Lipinski definition) is 1. The van der Waals surface area contributed by atoms with Gasteiger partial charge in [-0.1, -0.05) is 0 Å². The molecule has 0 saturated heterocycles. The summed E-state index contributed by atoms with van der Waals surface area (Å²) < 4.78 is 24.2. The van der Waals surface area contributed by atoms with Crippen molar-refractivity contribution in [3.05, 3.63) is 39.9 Å². The second-order valence-corrected chi connectivity index (χ2v) is 5.16. The fraction of sp³-hybridized carbons (Fsp3) is 0.286. The van der Waals surface area contributed by atoms with E-state index in [2.05, 4.69) is 31.2 Å². The maximum atomic E-state index is 13.4. The molecule has 0 radical (unpaired) electrons. The summed E-state index contributed by atoms with van der Waals surface area (Å²) >= 11 is 3.17. The van der Waals surface area contributed by atoms with Crippen LogP contribution in [0, 0.1) is 12.7 Å². The van der Waals surface area contributed by atoms with E-state index in [1.165, 1.54) is 26.6 Å². The maximum absolute atomic E-state index is 13.4. The molecule has 1 N–H and O–H groups in total. The van der Waals surface area contributed by atoms with Crippen LogP contribution in [0.2, 0.25) is 0 Å². The van der Waals surface area contributed by atoms with Crippen LogP contribution in [-0.2, 0) is 6.54 Å². The van der Waals surface area contributed by atoms with Gasteiger partial charge in [-0.2, -0.15) is 0 Å². The van der Waals surface area contributed by atoms with Crippen LogP contribution in [0.1, 0.15) is 11.1 Å². The minimum absolute atomic E-state index is 0.295. The molecule has 0 saturated carbocycles.